The lowest BCUT2D eigenvalue weighted by Gasteiger charge is -2.03. The van der Waals surface area contributed by atoms with E-state index in [9.17, 15) is 4.79 Å². The zero-order chi connectivity index (χ0) is 11.5. The highest BCUT2D eigenvalue weighted by Gasteiger charge is 2.17. The van der Waals surface area contributed by atoms with Crippen LogP contribution in [-0.4, -0.2) is 33.2 Å². The maximum atomic E-state index is 11.5. The maximum Gasteiger partial charge on any atom is 0.350 e. The number of aromatic nitrogens is 3. The van der Waals surface area contributed by atoms with Crippen LogP contribution >= 0.6 is 11.3 Å². The monoisotopic (exact) mass is 239 g/mol. The third-order valence-corrected chi connectivity index (χ3v) is 2.91. The first kappa shape index (κ1) is 10.8. The Hall–Kier alpha value is -1.73. The zero-order valence-electron chi connectivity index (χ0n) is 8.45. The van der Waals surface area contributed by atoms with Crippen molar-refractivity contribution >= 4 is 17.3 Å². The summed E-state index contributed by atoms with van der Waals surface area (Å²) in [7, 11) is 1.32. The Balaban J connectivity index is 2.48. The molecule has 1 N–H and O–H groups in total. The fraction of sp³-hybridized carbons (Fsp3) is 0.222. The van der Waals surface area contributed by atoms with Crippen LogP contribution in [0.3, 0.4) is 0 Å². The molecule has 0 saturated carbocycles. The number of aliphatic hydroxyl groups is 1. The van der Waals surface area contributed by atoms with Gasteiger partial charge >= 0.3 is 5.97 Å². The molecule has 2 heterocycles. The average Bonchev–Trinajstić information content (AvgIpc) is 2.94. The van der Waals surface area contributed by atoms with Crippen LogP contribution in [0.4, 0.5) is 0 Å². The summed E-state index contributed by atoms with van der Waals surface area (Å²) in [6.45, 7) is -0.191. The van der Waals surface area contributed by atoms with Gasteiger partial charge in [-0.05, 0) is 11.4 Å². The number of thiophene rings is 1. The fourth-order valence-electron chi connectivity index (χ4n) is 1.28. The highest BCUT2D eigenvalue weighted by Crippen LogP contribution is 2.22. The van der Waals surface area contributed by atoms with E-state index < -0.39 is 5.97 Å². The number of aliphatic hydroxyl groups excluding tert-OH is 1. The molecular formula is C9H9N3O3S. The van der Waals surface area contributed by atoms with Gasteiger partial charge in [-0.25, -0.2) is 9.48 Å². The van der Waals surface area contributed by atoms with Gasteiger partial charge in [-0.3, -0.25) is 0 Å². The Labute approximate surface area is 95.1 Å². The van der Waals surface area contributed by atoms with Gasteiger partial charge in [-0.1, -0.05) is 5.21 Å². The van der Waals surface area contributed by atoms with E-state index >= 15 is 0 Å². The first-order valence-corrected chi connectivity index (χ1v) is 5.32. The average molecular weight is 239 g/mol. The van der Waals surface area contributed by atoms with Crippen molar-refractivity contribution in [3.63, 3.8) is 0 Å². The minimum Gasteiger partial charge on any atom is -0.465 e. The Morgan fingerprint density at radius 3 is 3.19 bits per heavy atom. The minimum atomic E-state index is -0.426. The van der Waals surface area contributed by atoms with E-state index in [2.05, 4.69) is 15.0 Å². The first-order valence-electron chi connectivity index (χ1n) is 4.44. The summed E-state index contributed by atoms with van der Waals surface area (Å²) >= 11 is 1.25. The standard InChI is InChI=1S/C9H9N3O3S/c1-15-9(14)8-7(2-3-16-8)12-6(5-13)4-10-11-12/h2-4,13H,5H2,1H3. The van der Waals surface area contributed by atoms with Crippen LogP contribution in [0, 0.1) is 0 Å². The molecular weight excluding hydrogens is 230 g/mol. The molecule has 2 rings (SSSR count). The number of methoxy groups -OCH3 is 1. The normalized spacial score (nSPS) is 10.4. The van der Waals surface area contributed by atoms with Gasteiger partial charge in [-0.15, -0.1) is 16.4 Å². The predicted molar refractivity (Wildman–Crippen MR) is 56.5 cm³/mol. The Bertz CT molecular complexity index is 506. The molecule has 0 saturated heterocycles. The summed E-state index contributed by atoms with van der Waals surface area (Å²) in [5, 5.41) is 18.3. The minimum absolute atomic E-state index is 0.191. The summed E-state index contributed by atoms with van der Waals surface area (Å²) in [6, 6.07) is 1.73. The van der Waals surface area contributed by atoms with Crippen LogP contribution in [-0.2, 0) is 11.3 Å². The lowest BCUT2D eigenvalue weighted by Crippen LogP contribution is -2.07. The van der Waals surface area contributed by atoms with Crippen LogP contribution in [0.25, 0.3) is 5.69 Å². The smallest absolute Gasteiger partial charge is 0.350 e. The molecule has 0 aromatic carbocycles. The van der Waals surface area contributed by atoms with Crippen LogP contribution < -0.4 is 0 Å². The molecule has 0 radical (unpaired) electrons. The van der Waals surface area contributed by atoms with Crippen molar-refractivity contribution in [2.45, 2.75) is 6.61 Å². The van der Waals surface area contributed by atoms with E-state index in [-0.39, 0.29) is 6.61 Å². The molecule has 84 valence electrons. The van der Waals surface area contributed by atoms with Crippen LogP contribution in [0.1, 0.15) is 15.4 Å². The molecule has 0 unspecified atom stereocenters. The number of rotatable bonds is 3. The van der Waals surface area contributed by atoms with Crippen molar-refractivity contribution < 1.29 is 14.6 Å². The zero-order valence-corrected chi connectivity index (χ0v) is 9.27. The van der Waals surface area contributed by atoms with E-state index in [4.69, 9.17) is 5.11 Å². The Kier molecular flexibility index (Phi) is 2.97. The van der Waals surface area contributed by atoms with Gasteiger partial charge in [0.2, 0.25) is 0 Å². The number of nitrogens with zero attached hydrogens (tertiary/aromatic N) is 3. The molecule has 0 spiro atoms. The summed E-state index contributed by atoms with van der Waals surface area (Å²) in [4.78, 5) is 11.9. The third-order valence-electron chi connectivity index (χ3n) is 2.03. The lowest BCUT2D eigenvalue weighted by molar-refractivity contribution is 0.0606. The molecule has 0 aliphatic rings. The summed E-state index contributed by atoms with van der Waals surface area (Å²) < 4.78 is 6.07. The van der Waals surface area contributed by atoms with Gasteiger partial charge in [0, 0.05) is 0 Å². The quantitative estimate of drug-likeness (QED) is 0.794. The van der Waals surface area contributed by atoms with Crippen molar-refractivity contribution in [3.8, 4) is 5.69 Å². The number of hydrogen-bond acceptors (Lipinski definition) is 6. The molecule has 0 fully saturated rings. The van der Waals surface area contributed by atoms with Crippen LogP contribution in [0.15, 0.2) is 17.6 Å². The summed E-state index contributed by atoms with van der Waals surface area (Å²) in [5.74, 6) is -0.426. The van der Waals surface area contributed by atoms with E-state index in [1.54, 1.807) is 11.4 Å². The topological polar surface area (TPSA) is 77.2 Å². The molecule has 2 aromatic rings. The highest BCUT2D eigenvalue weighted by molar-refractivity contribution is 7.12. The van der Waals surface area contributed by atoms with Gasteiger partial charge in [0.25, 0.3) is 0 Å². The van der Waals surface area contributed by atoms with Crippen LogP contribution in [0.2, 0.25) is 0 Å². The number of carbonyl (C=O) groups excluding carboxylic acids is 1. The molecule has 0 atom stereocenters. The molecule has 0 amide bonds. The SMILES string of the molecule is COC(=O)c1sccc1-n1nncc1CO. The second-order valence-electron chi connectivity index (χ2n) is 2.92. The first-order chi connectivity index (χ1) is 7.77. The largest absolute Gasteiger partial charge is 0.465 e. The number of ether oxygens (including phenoxy) is 1. The van der Waals surface area contributed by atoms with Crippen molar-refractivity contribution in [2.75, 3.05) is 7.11 Å². The van der Waals surface area contributed by atoms with E-state index in [1.807, 2.05) is 0 Å². The molecule has 0 bridgehead atoms. The van der Waals surface area contributed by atoms with Gasteiger partial charge in [-0.2, -0.15) is 0 Å². The number of esters is 1. The lowest BCUT2D eigenvalue weighted by atomic mass is 10.3. The predicted octanol–water partition coefficient (Wildman–Crippen LogP) is 0.608. The summed E-state index contributed by atoms with van der Waals surface area (Å²) in [5.41, 5.74) is 1.09. The molecule has 16 heavy (non-hydrogen) atoms. The highest BCUT2D eigenvalue weighted by atomic mass is 32.1. The maximum absolute atomic E-state index is 11.5. The second kappa shape index (κ2) is 4.42. The molecule has 0 aliphatic carbocycles. The number of carbonyl (C=O) groups is 1. The molecule has 7 heteroatoms. The molecule has 6 nitrogen and oxygen atoms in total. The van der Waals surface area contributed by atoms with Crippen molar-refractivity contribution in [1.82, 2.24) is 15.0 Å². The van der Waals surface area contributed by atoms with Crippen molar-refractivity contribution in [3.05, 3.63) is 28.2 Å². The Morgan fingerprint density at radius 1 is 1.69 bits per heavy atom. The second-order valence-corrected chi connectivity index (χ2v) is 3.84. The van der Waals surface area contributed by atoms with Crippen molar-refractivity contribution in [1.29, 1.82) is 0 Å². The fourth-order valence-corrected chi connectivity index (χ4v) is 2.07. The van der Waals surface area contributed by atoms with E-state index in [1.165, 1.54) is 29.3 Å². The van der Waals surface area contributed by atoms with Gasteiger partial charge in [0.15, 0.2) is 0 Å². The number of hydrogen-bond donors (Lipinski definition) is 1. The third kappa shape index (κ3) is 1.70. The molecule has 2 aromatic heterocycles. The Morgan fingerprint density at radius 2 is 2.50 bits per heavy atom. The molecule has 0 aliphatic heterocycles. The van der Waals surface area contributed by atoms with Crippen molar-refractivity contribution in [2.24, 2.45) is 0 Å². The van der Waals surface area contributed by atoms with Crippen LogP contribution in [0.5, 0.6) is 0 Å². The van der Waals surface area contributed by atoms with E-state index in [0.717, 1.165) is 0 Å². The summed E-state index contributed by atoms with van der Waals surface area (Å²) in [6.07, 6.45) is 1.44. The van der Waals surface area contributed by atoms with Gasteiger partial charge < -0.3 is 9.84 Å². The van der Waals surface area contributed by atoms with E-state index in [0.29, 0.717) is 16.3 Å². The van der Waals surface area contributed by atoms with Gasteiger partial charge in [0.1, 0.15) is 4.88 Å². The van der Waals surface area contributed by atoms with Gasteiger partial charge in [0.05, 0.1) is 31.3 Å².